The van der Waals surface area contributed by atoms with E-state index in [2.05, 4.69) is 15.9 Å². The van der Waals surface area contributed by atoms with E-state index in [9.17, 15) is 26.4 Å². The maximum Gasteiger partial charge on any atom is 0.406 e. The second kappa shape index (κ2) is 5.77. The summed E-state index contributed by atoms with van der Waals surface area (Å²) >= 11 is 2.93. The van der Waals surface area contributed by atoms with Crippen molar-refractivity contribution in [3.05, 3.63) is 0 Å². The first-order valence-corrected chi connectivity index (χ1v) is 7.96. The fourth-order valence-electron chi connectivity index (χ4n) is 1.11. The van der Waals surface area contributed by atoms with Gasteiger partial charge in [0.25, 0.3) is 0 Å². The largest absolute Gasteiger partial charge is 0.406 e. The Morgan fingerprint density at radius 1 is 1.28 bits per heavy atom. The Balaban J connectivity index is 5.22. The zero-order valence-electron chi connectivity index (χ0n) is 10.2. The molecule has 0 rings (SSSR count). The summed E-state index contributed by atoms with van der Waals surface area (Å²) in [6, 6.07) is 0. The van der Waals surface area contributed by atoms with Gasteiger partial charge in [-0.2, -0.15) is 13.2 Å². The molecule has 4 nitrogen and oxygen atoms in total. The first kappa shape index (κ1) is 17.7. The number of carbonyl (C=O) groups is 1. The maximum atomic E-state index is 12.3. The van der Waals surface area contributed by atoms with Crippen LogP contribution in [0.3, 0.4) is 0 Å². The second-order valence-electron chi connectivity index (χ2n) is 4.31. The van der Waals surface area contributed by atoms with Crippen molar-refractivity contribution in [2.75, 3.05) is 24.7 Å². The summed E-state index contributed by atoms with van der Waals surface area (Å²) in [6.07, 6.45) is -3.74. The van der Waals surface area contributed by atoms with Crippen LogP contribution in [-0.2, 0) is 14.6 Å². The van der Waals surface area contributed by atoms with E-state index in [0.717, 1.165) is 20.1 Å². The van der Waals surface area contributed by atoms with Gasteiger partial charge in [-0.15, -0.1) is 0 Å². The van der Waals surface area contributed by atoms with E-state index in [0.29, 0.717) is 4.90 Å². The lowest BCUT2D eigenvalue weighted by Gasteiger charge is -2.30. The predicted octanol–water partition coefficient (Wildman–Crippen LogP) is 1.60. The normalized spacial score (nSPS) is 13.5. The SMILES string of the molecule is CC(C)(C(=O)N(CCBr)CC(F)(F)F)S(C)(=O)=O. The molecule has 0 spiro atoms. The summed E-state index contributed by atoms with van der Waals surface area (Å²) in [5, 5.41) is 0.134. The van der Waals surface area contributed by atoms with Gasteiger partial charge in [0.1, 0.15) is 11.3 Å². The highest BCUT2D eigenvalue weighted by Crippen LogP contribution is 2.23. The molecule has 0 saturated heterocycles. The van der Waals surface area contributed by atoms with Crippen LogP contribution >= 0.6 is 15.9 Å². The van der Waals surface area contributed by atoms with Crippen molar-refractivity contribution in [2.45, 2.75) is 24.8 Å². The lowest BCUT2D eigenvalue weighted by Crippen LogP contribution is -2.52. The van der Waals surface area contributed by atoms with Crippen LogP contribution in [0.25, 0.3) is 0 Å². The molecular weight excluding hydrogens is 339 g/mol. The van der Waals surface area contributed by atoms with E-state index in [1.807, 2.05) is 0 Å². The summed E-state index contributed by atoms with van der Waals surface area (Å²) in [4.78, 5) is 12.4. The van der Waals surface area contributed by atoms with E-state index < -0.39 is 33.2 Å². The van der Waals surface area contributed by atoms with Gasteiger partial charge in [0.15, 0.2) is 9.84 Å². The molecular formula is C9H15BrF3NO3S. The molecule has 0 aliphatic rings. The molecule has 0 radical (unpaired) electrons. The van der Waals surface area contributed by atoms with Crippen LogP contribution in [0.4, 0.5) is 13.2 Å². The summed E-state index contributed by atoms with van der Waals surface area (Å²) in [5.74, 6) is -1.05. The third-order valence-electron chi connectivity index (χ3n) is 2.45. The average Bonchev–Trinajstić information content (AvgIpc) is 2.12. The highest BCUT2D eigenvalue weighted by atomic mass is 79.9. The number of carbonyl (C=O) groups excluding carboxylic acids is 1. The minimum atomic E-state index is -4.56. The van der Waals surface area contributed by atoms with Crippen molar-refractivity contribution in [1.82, 2.24) is 4.90 Å². The number of hydrogen-bond acceptors (Lipinski definition) is 3. The summed E-state index contributed by atoms with van der Waals surface area (Å²) < 4.78 is 57.9. The standard InChI is InChI=1S/C9H15BrF3NO3S/c1-8(2,18(3,16)17)7(15)14(5-4-10)6-9(11,12)13/h4-6H2,1-3H3. The number of hydrogen-bond donors (Lipinski definition) is 0. The molecule has 0 fully saturated rings. The second-order valence-corrected chi connectivity index (χ2v) is 7.67. The molecule has 0 aliphatic carbocycles. The minimum absolute atomic E-state index is 0.134. The lowest BCUT2D eigenvalue weighted by molar-refractivity contribution is -0.161. The molecule has 0 aromatic carbocycles. The Morgan fingerprint density at radius 2 is 1.72 bits per heavy atom. The molecule has 9 heteroatoms. The summed E-state index contributed by atoms with van der Waals surface area (Å²) in [5.41, 5.74) is 0. The van der Waals surface area contributed by atoms with Crippen LogP contribution in [0.2, 0.25) is 0 Å². The van der Waals surface area contributed by atoms with Crippen molar-refractivity contribution in [2.24, 2.45) is 0 Å². The average molecular weight is 354 g/mol. The Kier molecular flexibility index (Phi) is 5.67. The van der Waals surface area contributed by atoms with Crippen molar-refractivity contribution in [3.8, 4) is 0 Å². The number of amides is 1. The minimum Gasteiger partial charge on any atom is -0.331 e. The first-order chi connectivity index (χ1) is 7.83. The molecule has 0 aromatic heterocycles. The molecule has 0 atom stereocenters. The van der Waals surface area contributed by atoms with Gasteiger partial charge in [-0.05, 0) is 13.8 Å². The third kappa shape index (κ3) is 4.75. The van der Waals surface area contributed by atoms with Gasteiger partial charge >= 0.3 is 6.18 Å². The van der Waals surface area contributed by atoms with Crippen LogP contribution in [0.15, 0.2) is 0 Å². The van der Waals surface area contributed by atoms with Crippen LogP contribution < -0.4 is 0 Å². The lowest BCUT2D eigenvalue weighted by atomic mass is 10.1. The van der Waals surface area contributed by atoms with E-state index in [4.69, 9.17) is 0 Å². The molecule has 0 saturated carbocycles. The topological polar surface area (TPSA) is 54.5 Å². The fourth-order valence-corrected chi connectivity index (χ4v) is 1.98. The van der Waals surface area contributed by atoms with Crippen LogP contribution in [0.1, 0.15) is 13.8 Å². The van der Waals surface area contributed by atoms with E-state index in [1.165, 1.54) is 0 Å². The van der Waals surface area contributed by atoms with Gasteiger partial charge in [0.05, 0.1) is 0 Å². The Hall–Kier alpha value is -0.310. The molecule has 1 amide bonds. The van der Waals surface area contributed by atoms with Gasteiger partial charge in [0.2, 0.25) is 5.91 Å². The summed E-state index contributed by atoms with van der Waals surface area (Å²) in [7, 11) is -3.79. The molecule has 18 heavy (non-hydrogen) atoms. The van der Waals surface area contributed by atoms with Crippen molar-refractivity contribution in [1.29, 1.82) is 0 Å². The van der Waals surface area contributed by atoms with E-state index in [1.54, 1.807) is 0 Å². The van der Waals surface area contributed by atoms with Crippen LogP contribution in [-0.4, -0.2) is 54.8 Å². The van der Waals surface area contributed by atoms with E-state index >= 15 is 0 Å². The molecule has 0 unspecified atom stereocenters. The van der Waals surface area contributed by atoms with Gasteiger partial charge in [-0.25, -0.2) is 8.42 Å². The van der Waals surface area contributed by atoms with Crippen molar-refractivity contribution in [3.63, 3.8) is 0 Å². The zero-order chi connectivity index (χ0) is 14.8. The number of nitrogens with zero attached hydrogens (tertiary/aromatic N) is 1. The van der Waals surface area contributed by atoms with Crippen LogP contribution in [0, 0.1) is 0 Å². The van der Waals surface area contributed by atoms with Crippen LogP contribution in [0.5, 0.6) is 0 Å². The van der Waals surface area contributed by atoms with Crippen molar-refractivity contribution < 1.29 is 26.4 Å². The van der Waals surface area contributed by atoms with Gasteiger partial charge < -0.3 is 4.90 Å². The third-order valence-corrected chi connectivity index (χ3v) is 4.84. The first-order valence-electron chi connectivity index (χ1n) is 4.94. The molecule has 0 N–H and O–H groups in total. The van der Waals surface area contributed by atoms with Gasteiger partial charge in [0, 0.05) is 18.1 Å². The zero-order valence-corrected chi connectivity index (χ0v) is 12.6. The molecule has 0 aromatic rings. The quantitative estimate of drug-likeness (QED) is 0.705. The molecule has 0 heterocycles. The highest BCUT2D eigenvalue weighted by Gasteiger charge is 2.44. The monoisotopic (exact) mass is 353 g/mol. The summed E-state index contributed by atoms with van der Waals surface area (Å²) in [6.45, 7) is 0.526. The van der Waals surface area contributed by atoms with Crippen molar-refractivity contribution >= 4 is 31.7 Å². The number of sulfone groups is 1. The smallest absolute Gasteiger partial charge is 0.331 e. The predicted molar refractivity (Wildman–Crippen MR) is 65.4 cm³/mol. The fraction of sp³-hybridized carbons (Fsp3) is 0.889. The maximum absolute atomic E-state index is 12.3. The van der Waals surface area contributed by atoms with Gasteiger partial charge in [-0.3, -0.25) is 4.79 Å². The Bertz CT molecular complexity index is 406. The Morgan fingerprint density at radius 3 is 2.00 bits per heavy atom. The Labute approximate surface area is 113 Å². The molecule has 0 bridgehead atoms. The number of halogens is 4. The number of rotatable bonds is 5. The highest BCUT2D eigenvalue weighted by molar-refractivity contribution is 9.09. The van der Waals surface area contributed by atoms with E-state index in [-0.39, 0.29) is 11.9 Å². The van der Waals surface area contributed by atoms with Gasteiger partial charge in [-0.1, -0.05) is 15.9 Å². The number of alkyl halides is 4. The molecule has 0 aliphatic heterocycles. The molecule has 108 valence electrons.